The van der Waals surface area contributed by atoms with Gasteiger partial charge in [-0.3, -0.25) is 4.98 Å². The number of pyridine rings is 1. The van der Waals surface area contributed by atoms with Gasteiger partial charge in [0.05, 0.1) is 17.3 Å². The van der Waals surface area contributed by atoms with E-state index in [4.69, 9.17) is 26.1 Å². The molecule has 2 aromatic carbocycles. The number of thiocarbonyl (C=S) groups is 1. The summed E-state index contributed by atoms with van der Waals surface area (Å²) in [5.74, 6) is 2.02. The van der Waals surface area contributed by atoms with Crippen LogP contribution in [0.2, 0.25) is 0 Å². The zero-order chi connectivity index (χ0) is 23.2. The van der Waals surface area contributed by atoms with Crippen molar-refractivity contribution in [1.82, 2.24) is 10.3 Å². The van der Waals surface area contributed by atoms with Crippen LogP contribution < -0.4 is 19.7 Å². The molecule has 0 aliphatic carbocycles. The first-order valence-corrected chi connectivity index (χ1v) is 11.7. The summed E-state index contributed by atoms with van der Waals surface area (Å²) in [4.78, 5) is 6.51. The highest BCUT2D eigenvalue weighted by atomic mass is 79.9. The van der Waals surface area contributed by atoms with E-state index in [1.54, 1.807) is 24.4 Å². The molecule has 6 nitrogen and oxygen atoms in total. The third-order valence-electron chi connectivity index (χ3n) is 5.85. The third kappa shape index (κ3) is 3.61. The number of hydrogen-bond acceptors (Lipinski definition) is 5. The molecule has 0 saturated carbocycles. The van der Waals surface area contributed by atoms with Crippen LogP contribution in [0.3, 0.4) is 0 Å². The van der Waals surface area contributed by atoms with Crippen molar-refractivity contribution in [3.8, 4) is 22.8 Å². The number of halogens is 2. The van der Waals surface area contributed by atoms with Gasteiger partial charge in [-0.2, -0.15) is 0 Å². The lowest BCUT2D eigenvalue weighted by Gasteiger charge is -2.26. The smallest absolute Gasteiger partial charge is 0.231 e. The van der Waals surface area contributed by atoms with E-state index in [0.717, 1.165) is 11.4 Å². The van der Waals surface area contributed by atoms with Gasteiger partial charge in [-0.05, 0) is 66.8 Å². The molecule has 1 N–H and O–H groups in total. The molecule has 2 aliphatic heterocycles. The Labute approximate surface area is 208 Å². The van der Waals surface area contributed by atoms with Crippen molar-refractivity contribution in [1.29, 1.82) is 0 Å². The summed E-state index contributed by atoms with van der Waals surface area (Å²) < 4.78 is 32.6. The molecule has 4 heterocycles. The Bertz CT molecular complexity index is 1400. The summed E-state index contributed by atoms with van der Waals surface area (Å²) in [7, 11) is 0. The Morgan fingerprint density at radius 3 is 2.74 bits per heavy atom. The number of nitrogens with one attached hydrogen (secondary N) is 1. The van der Waals surface area contributed by atoms with Gasteiger partial charge in [-0.25, -0.2) is 4.39 Å². The SMILES string of the molecule is Fc1cc(Br)ccc1-c1ccc([C@H]2[C@H](c3ccccn3)NC(=S)N2c2ccc3c(c2)OCO3)o1. The molecule has 6 rings (SSSR count). The molecule has 0 amide bonds. The number of anilines is 1. The summed E-state index contributed by atoms with van der Waals surface area (Å²) in [6, 6.07) is 19.3. The van der Waals surface area contributed by atoms with Crippen LogP contribution in [-0.2, 0) is 0 Å². The van der Waals surface area contributed by atoms with Gasteiger partial charge in [-0.1, -0.05) is 22.0 Å². The molecular formula is C25H17BrFN3O3S. The fourth-order valence-electron chi connectivity index (χ4n) is 4.30. The lowest BCUT2D eigenvalue weighted by atomic mass is 10.0. The zero-order valence-corrected chi connectivity index (χ0v) is 20.0. The number of rotatable bonds is 4. The largest absolute Gasteiger partial charge is 0.459 e. The van der Waals surface area contributed by atoms with E-state index >= 15 is 0 Å². The van der Waals surface area contributed by atoms with E-state index in [9.17, 15) is 4.39 Å². The Morgan fingerprint density at radius 1 is 1.03 bits per heavy atom. The Balaban J connectivity index is 1.45. The Morgan fingerprint density at radius 2 is 1.91 bits per heavy atom. The molecule has 4 aromatic rings. The van der Waals surface area contributed by atoms with Crippen LogP contribution in [0.25, 0.3) is 11.3 Å². The zero-order valence-electron chi connectivity index (χ0n) is 17.6. The molecule has 34 heavy (non-hydrogen) atoms. The predicted molar refractivity (Wildman–Crippen MR) is 132 cm³/mol. The number of ether oxygens (including phenoxy) is 2. The summed E-state index contributed by atoms with van der Waals surface area (Å²) >= 11 is 9.05. The first-order valence-electron chi connectivity index (χ1n) is 10.5. The lowest BCUT2D eigenvalue weighted by molar-refractivity contribution is 0.174. The number of nitrogens with zero attached hydrogens (tertiary/aromatic N) is 2. The van der Waals surface area contributed by atoms with Crippen LogP contribution >= 0.6 is 28.1 Å². The lowest BCUT2D eigenvalue weighted by Crippen LogP contribution is -2.29. The molecule has 1 saturated heterocycles. The number of furan rings is 1. The van der Waals surface area contributed by atoms with Gasteiger partial charge >= 0.3 is 0 Å². The summed E-state index contributed by atoms with van der Waals surface area (Å²) in [5, 5.41) is 3.91. The number of benzene rings is 2. The van der Waals surface area contributed by atoms with Crippen LogP contribution in [0, 0.1) is 5.82 Å². The highest BCUT2D eigenvalue weighted by Crippen LogP contribution is 2.45. The maximum Gasteiger partial charge on any atom is 0.231 e. The van der Waals surface area contributed by atoms with Crippen LogP contribution in [0.5, 0.6) is 11.5 Å². The highest BCUT2D eigenvalue weighted by molar-refractivity contribution is 9.10. The molecule has 0 radical (unpaired) electrons. The Hall–Kier alpha value is -3.43. The fourth-order valence-corrected chi connectivity index (χ4v) is 4.98. The van der Waals surface area contributed by atoms with E-state index in [2.05, 4.69) is 26.2 Å². The fraction of sp³-hybridized carbons (Fsp3) is 0.120. The third-order valence-corrected chi connectivity index (χ3v) is 6.66. The van der Waals surface area contributed by atoms with Gasteiger partial charge in [0.15, 0.2) is 16.6 Å². The van der Waals surface area contributed by atoms with Crippen molar-refractivity contribution in [3.05, 3.63) is 94.7 Å². The molecule has 2 atom stereocenters. The van der Waals surface area contributed by atoms with Crippen LogP contribution in [-0.4, -0.2) is 16.9 Å². The molecule has 1 fully saturated rings. The molecular weight excluding hydrogens is 521 g/mol. The van der Waals surface area contributed by atoms with Crippen molar-refractivity contribution in [2.75, 3.05) is 11.7 Å². The van der Waals surface area contributed by atoms with E-state index in [1.165, 1.54) is 6.07 Å². The molecule has 0 spiro atoms. The molecule has 2 aliphatic rings. The minimum atomic E-state index is -0.371. The van der Waals surface area contributed by atoms with Crippen molar-refractivity contribution in [3.63, 3.8) is 0 Å². The van der Waals surface area contributed by atoms with Crippen molar-refractivity contribution >= 4 is 38.9 Å². The Kier molecular flexibility index (Phi) is 5.23. The van der Waals surface area contributed by atoms with Crippen LogP contribution in [0.15, 0.2) is 81.8 Å². The molecule has 2 aromatic heterocycles. The van der Waals surface area contributed by atoms with Gasteiger partial charge in [-0.15, -0.1) is 0 Å². The molecule has 9 heteroatoms. The number of fused-ring (bicyclic) bond motifs is 1. The minimum Gasteiger partial charge on any atom is -0.459 e. The minimum absolute atomic E-state index is 0.182. The summed E-state index contributed by atoms with van der Waals surface area (Å²) in [5.41, 5.74) is 2.01. The maximum absolute atomic E-state index is 14.6. The van der Waals surface area contributed by atoms with Crippen LogP contribution in [0.4, 0.5) is 10.1 Å². The van der Waals surface area contributed by atoms with Gasteiger partial charge in [0.25, 0.3) is 0 Å². The quantitative estimate of drug-likeness (QED) is 0.313. The number of aromatic nitrogens is 1. The second-order valence-corrected chi connectivity index (χ2v) is 9.16. The van der Waals surface area contributed by atoms with E-state index in [-0.39, 0.29) is 24.7 Å². The van der Waals surface area contributed by atoms with Gasteiger partial charge in [0.2, 0.25) is 6.79 Å². The van der Waals surface area contributed by atoms with Gasteiger partial charge < -0.3 is 24.1 Å². The number of hydrogen-bond donors (Lipinski definition) is 1. The first-order chi connectivity index (χ1) is 16.6. The van der Waals surface area contributed by atoms with Crippen molar-refractivity contribution in [2.24, 2.45) is 0 Å². The second kappa shape index (κ2) is 8.41. The van der Waals surface area contributed by atoms with E-state index in [1.807, 2.05) is 47.4 Å². The first kappa shape index (κ1) is 21.1. The van der Waals surface area contributed by atoms with Crippen molar-refractivity contribution in [2.45, 2.75) is 12.1 Å². The normalized spacial score (nSPS) is 18.9. The maximum atomic E-state index is 14.6. The topological polar surface area (TPSA) is 59.8 Å². The molecule has 0 bridgehead atoms. The second-order valence-electron chi connectivity index (χ2n) is 7.86. The monoisotopic (exact) mass is 537 g/mol. The van der Waals surface area contributed by atoms with Crippen LogP contribution in [0.1, 0.15) is 23.5 Å². The predicted octanol–water partition coefficient (Wildman–Crippen LogP) is 6.15. The van der Waals surface area contributed by atoms with E-state index in [0.29, 0.717) is 38.2 Å². The average molecular weight is 538 g/mol. The van der Waals surface area contributed by atoms with Gasteiger partial charge in [0.1, 0.15) is 23.4 Å². The van der Waals surface area contributed by atoms with Gasteiger partial charge in [0, 0.05) is 22.4 Å². The summed E-state index contributed by atoms with van der Waals surface area (Å²) in [6.45, 7) is 0.182. The van der Waals surface area contributed by atoms with E-state index < -0.39 is 0 Å². The van der Waals surface area contributed by atoms with Crippen molar-refractivity contribution < 1.29 is 18.3 Å². The summed E-state index contributed by atoms with van der Waals surface area (Å²) in [6.07, 6.45) is 1.74. The standard InChI is InChI=1S/C25H17BrFN3O3S/c26-14-4-6-16(17(27)11-14)19-8-9-21(33-19)24-23(18-3-1-2-10-28-18)29-25(34)30(24)15-5-7-20-22(12-15)32-13-31-20/h1-12,23-24H,13H2,(H,29,34)/t23-,24-/m0/s1. The molecule has 0 unspecified atom stereocenters. The molecule has 170 valence electrons. The highest BCUT2D eigenvalue weighted by Gasteiger charge is 2.43. The average Bonchev–Trinajstić information content (AvgIpc) is 3.57.